The number of aromatic amines is 1. The van der Waals surface area contributed by atoms with Crippen LogP contribution in [0.4, 0.5) is 17.5 Å². The largest absolute Gasteiger partial charge is 0.495 e. The number of morpholine rings is 1. The number of fused-ring (bicyclic) bond motifs is 1. The van der Waals surface area contributed by atoms with Gasteiger partial charge in [0.1, 0.15) is 23.3 Å². The molecule has 1 atom stereocenters. The highest BCUT2D eigenvalue weighted by atomic mass is 16.5. The molecule has 2 aromatic heterocycles. The maximum atomic E-state index is 13.6. The molecule has 0 spiro atoms. The lowest BCUT2D eigenvalue weighted by molar-refractivity contribution is -0.0384. The van der Waals surface area contributed by atoms with Gasteiger partial charge in [-0.05, 0) is 37.5 Å². The van der Waals surface area contributed by atoms with Gasteiger partial charge in [-0.25, -0.2) is 0 Å². The highest BCUT2D eigenvalue weighted by Gasteiger charge is 2.33. The molecule has 2 aliphatic heterocycles. The van der Waals surface area contributed by atoms with Crippen LogP contribution < -0.4 is 15.4 Å². The van der Waals surface area contributed by atoms with Crippen LogP contribution in [0.2, 0.25) is 0 Å². The number of rotatable bonds is 6. The number of hydrogen-bond acceptors (Lipinski definition) is 9. The van der Waals surface area contributed by atoms with Crippen LogP contribution in [-0.4, -0.2) is 83.8 Å². The number of nitrogens with zero attached hydrogens (tertiary/aromatic N) is 5. The van der Waals surface area contributed by atoms with E-state index in [-0.39, 0.29) is 12.1 Å². The molecule has 0 bridgehead atoms. The van der Waals surface area contributed by atoms with Crippen LogP contribution in [-0.2, 0) is 4.74 Å². The number of hydrogen-bond donors (Lipinski definition) is 3. The zero-order valence-electron chi connectivity index (χ0n) is 20.5. The number of benzene rings is 1. The van der Waals surface area contributed by atoms with Crippen LogP contribution in [0.3, 0.4) is 0 Å². The fourth-order valence-corrected chi connectivity index (χ4v) is 4.98. The first kappa shape index (κ1) is 23.8. The molecule has 2 fully saturated rings. The molecule has 3 aromatic rings. The van der Waals surface area contributed by atoms with Gasteiger partial charge in [-0.15, -0.1) is 0 Å². The molecule has 188 valence electrons. The Labute approximate surface area is 209 Å². The van der Waals surface area contributed by atoms with Crippen molar-refractivity contribution >= 4 is 34.4 Å². The topological polar surface area (TPSA) is 131 Å². The summed E-state index contributed by atoms with van der Waals surface area (Å²) < 4.78 is 11.1. The number of carbonyl (C=O) groups excluding carboxylic acids is 1. The average Bonchev–Trinajstić information content (AvgIpc) is 3.36. The van der Waals surface area contributed by atoms with Crippen LogP contribution in [0.25, 0.3) is 11.0 Å². The fourth-order valence-electron chi connectivity index (χ4n) is 4.98. The van der Waals surface area contributed by atoms with Crippen LogP contribution in [0.15, 0.2) is 24.4 Å². The number of nitriles is 1. The zero-order chi connectivity index (χ0) is 25.1. The Kier molecular flexibility index (Phi) is 6.88. The molecule has 11 heteroatoms. The SMILES string of the molecule is CNc1nc(Nc2ccc(C(=O)N3CCCCC3N3CCOCC3)cc2OC)nc2[nH]cc(C#N)c12. The summed E-state index contributed by atoms with van der Waals surface area (Å²) in [7, 11) is 3.31. The van der Waals surface area contributed by atoms with Crippen LogP contribution in [0.5, 0.6) is 5.75 Å². The van der Waals surface area contributed by atoms with Gasteiger partial charge in [-0.1, -0.05) is 0 Å². The Morgan fingerprint density at radius 2 is 2.08 bits per heavy atom. The molecule has 0 saturated carbocycles. The first-order valence-corrected chi connectivity index (χ1v) is 12.2. The van der Waals surface area contributed by atoms with Gasteiger partial charge in [0.05, 0.1) is 43.1 Å². The molecule has 2 aliphatic rings. The van der Waals surface area contributed by atoms with E-state index in [1.54, 1.807) is 32.5 Å². The molecule has 5 rings (SSSR count). The number of nitrogens with one attached hydrogen (secondary N) is 3. The molecule has 1 unspecified atom stereocenters. The van der Waals surface area contributed by atoms with E-state index in [0.717, 1.165) is 38.9 Å². The highest BCUT2D eigenvalue weighted by molar-refractivity contribution is 5.96. The van der Waals surface area contributed by atoms with Crippen molar-refractivity contribution in [2.75, 3.05) is 57.6 Å². The molecule has 4 heterocycles. The smallest absolute Gasteiger partial charge is 0.255 e. The standard InChI is InChI=1S/C25H30N8O3/c1-27-22-21-17(14-26)15-28-23(21)31-25(30-22)29-18-7-6-16(13-19(18)35-2)24(34)33-8-4-3-5-20(33)32-9-11-36-12-10-32/h6-7,13,15,20H,3-5,8-12H2,1-2H3,(H3,27,28,29,30,31). The fraction of sp³-hybridized carbons (Fsp3) is 0.440. The second-order valence-corrected chi connectivity index (χ2v) is 8.85. The number of carbonyl (C=O) groups is 1. The minimum absolute atomic E-state index is 0.00148. The van der Waals surface area contributed by atoms with Gasteiger partial charge in [-0.3, -0.25) is 9.69 Å². The minimum Gasteiger partial charge on any atom is -0.495 e. The summed E-state index contributed by atoms with van der Waals surface area (Å²) in [5.74, 6) is 1.38. The summed E-state index contributed by atoms with van der Waals surface area (Å²) in [5, 5.41) is 16.2. The maximum Gasteiger partial charge on any atom is 0.255 e. The highest BCUT2D eigenvalue weighted by Crippen LogP contribution is 2.32. The van der Waals surface area contributed by atoms with Gasteiger partial charge < -0.3 is 30.0 Å². The van der Waals surface area contributed by atoms with E-state index in [4.69, 9.17) is 9.47 Å². The van der Waals surface area contributed by atoms with Crippen LogP contribution in [0, 0.1) is 11.3 Å². The molecule has 36 heavy (non-hydrogen) atoms. The minimum atomic E-state index is 0.00148. The first-order valence-electron chi connectivity index (χ1n) is 12.2. The molecule has 0 radical (unpaired) electrons. The lowest BCUT2D eigenvalue weighted by Gasteiger charge is -2.44. The monoisotopic (exact) mass is 490 g/mol. The lowest BCUT2D eigenvalue weighted by Crippen LogP contribution is -2.56. The molecule has 11 nitrogen and oxygen atoms in total. The second-order valence-electron chi connectivity index (χ2n) is 8.85. The third kappa shape index (κ3) is 4.53. The Bertz CT molecular complexity index is 1290. The summed E-state index contributed by atoms with van der Waals surface area (Å²) in [5.41, 5.74) is 2.21. The van der Waals surface area contributed by atoms with E-state index in [9.17, 15) is 10.1 Å². The van der Waals surface area contributed by atoms with Crippen molar-refractivity contribution in [2.45, 2.75) is 25.4 Å². The number of piperidine rings is 1. The van der Waals surface area contributed by atoms with Crippen LogP contribution >= 0.6 is 0 Å². The van der Waals surface area contributed by atoms with Crippen molar-refractivity contribution in [3.63, 3.8) is 0 Å². The van der Waals surface area contributed by atoms with Gasteiger partial charge in [0.25, 0.3) is 5.91 Å². The van der Waals surface area contributed by atoms with Crippen molar-refractivity contribution in [2.24, 2.45) is 0 Å². The summed E-state index contributed by atoms with van der Waals surface area (Å²) >= 11 is 0. The Balaban J connectivity index is 1.39. The number of likely N-dealkylation sites (tertiary alicyclic amines) is 1. The van der Waals surface area contributed by atoms with Gasteiger partial charge in [0, 0.05) is 38.4 Å². The summed E-state index contributed by atoms with van der Waals surface area (Å²) in [6.07, 6.45) is 4.80. The van der Waals surface area contributed by atoms with Crippen LogP contribution in [0.1, 0.15) is 35.2 Å². The molecule has 3 N–H and O–H groups in total. The zero-order valence-corrected chi connectivity index (χ0v) is 20.5. The number of anilines is 3. The summed E-state index contributed by atoms with van der Waals surface area (Å²) in [6, 6.07) is 7.51. The van der Waals surface area contributed by atoms with E-state index in [1.807, 2.05) is 11.0 Å². The van der Waals surface area contributed by atoms with E-state index < -0.39 is 0 Å². The summed E-state index contributed by atoms with van der Waals surface area (Å²) in [6.45, 7) is 3.84. The Morgan fingerprint density at radius 1 is 1.25 bits per heavy atom. The van der Waals surface area contributed by atoms with Gasteiger partial charge >= 0.3 is 0 Å². The molecule has 2 saturated heterocycles. The predicted molar refractivity (Wildman–Crippen MR) is 135 cm³/mol. The van der Waals surface area contributed by atoms with E-state index >= 15 is 0 Å². The van der Waals surface area contributed by atoms with Crippen molar-refractivity contribution in [1.82, 2.24) is 24.8 Å². The Hall–Kier alpha value is -3.88. The number of aromatic nitrogens is 3. The quantitative estimate of drug-likeness (QED) is 0.477. The number of methoxy groups -OCH3 is 1. The molecular formula is C25H30N8O3. The third-order valence-corrected chi connectivity index (χ3v) is 6.78. The van der Waals surface area contributed by atoms with Crippen molar-refractivity contribution in [3.05, 3.63) is 35.5 Å². The number of H-pyrrole nitrogens is 1. The van der Waals surface area contributed by atoms with E-state index in [0.29, 0.717) is 58.6 Å². The van der Waals surface area contributed by atoms with Crippen molar-refractivity contribution in [3.8, 4) is 11.8 Å². The normalized spacial score (nSPS) is 18.6. The van der Waals surface area contributed by atoms with E-state index in [1.165, 1.54) is 0 Å². The molecule has 1 aromatic carbocycles. The second kappa shape index (κ2) is 10.4. The molecule has 0 aliphatic carbocycles. The van der Waals surface area contributed by atoms with Gasteiger partial charge in [0.15, 0.2) is 0 Å². The van der Waals surface area contributed by atoms with Gasteiger partial charge in [0.2, 0.25) is 5.95 Å². The third-order valence-electron chi connectivity index (χ3n) is 6.78. The molecular weight excluding hydrogens is 460 g/mol. The Morgan fingerprint density at radius 3 is 2.83 bits per heavy atom. The predicted octanol–water partition coefficient (Wildman–Crippen LogP) is 2.91. The number of amides is 1. The number of ether oxygens (including phenoxy) is 2. The van der Waals surface area contributed by atoms with E-state index in [2.05, 4.69) is 36.6 Å². The first-order chi connectivity index (χ1) is 17.6. The maximum absolute atomic E-state index is 13.6. The average molecular weight is 491 g/mol. The summed E-state index contributed by atoms with van der Waals surface area (Å²) in [4.78, 5) is 30.0. The van der Waals surface area contributed by atoms with Gasteiger partial charge in [-0.2, -0.15) is 15.2 Å². The lowest BCUT2D eigenvalue weighted by atomic mass is 10.0. The molecule has 1 amide bonds. The van der Waals surface area contributed by atoms with Crippen molar-refractivity contribution in [1.29, 1.82) is 5.26 Å². The van der Waals surface area contributed by atoms with Crippen molar-refractivity contribution < 1.29 is 14.3 Å².